The van der Waals surface area contributed by atoms with E-state index in [1.54, 1.807) is 0 Å². The lowest BCUT2D eigenvalue weighted by atomic mass is 9.75. The Morgan fingerprint density at radius 3 is 2.79 bits per heavy atom. The first-order valence-electron chi connectivity index (χ1n) is 6.93. The van der Waals surface area contributed by atoms with Crippen LogP contribution in [-0.4, -0.2) is 12.1 Å². The van der Waals surface area contributed by atoms with E-state index < -0.39 is 0 Å². The maximum absolute atomic E-state index is 11.9. The Balaban J connectivity index is 2.18. The van der Waals surface area contributed by atoms with Gasteiger partial charge in [-0.05, 0) is 38.7 Å². The number of amides is 2. The maximum Gasteiger partial charge on any atom is 0.315 e. The largest absolute Gasteiger partial charge is 0.466 e. The average molecular weight is 264 g/mol. The molecule has 0 saturated heterocycles. The predicted octanol–water partition coefficient (Wildman–Crippen LogP) is 3.31. The highest BCUT2D eigenvalue weighted by Gasteiger charge is 2.35. The van der Waals surface area contributed by atoms with Crippen LogP contribution in [0.15, 0.2) is 10.5 Å². The topological polar surface area (TPSA) is 54.3 Å². The van der Waals surface area contributed by atoms with E-state index in [1.807, 2.05) is 26.8 Å². The van der Waals surface area contributed by atoms with Gasteiger partial charge in [-0.15, -0.1) is 0 Å². The molecule has 1 aliphatic rings. The SMILES string of the molecule is Cc1cc2c(o1)CC(C)(C)CC2NC(=O)NC(C)C. The molecule has 1 atom stereocenters. The number of nitrogens with one attached hydrogen (secondary N) is 2. The normalized spacial score (nSPS) is 21.1. The Morgan fingerprint density at radius 1 is 1.47 bits per heavy atom. The van der Waals surface area contributed by atoms with Gasteiger partial charge in [0, 0.05) is 18.0 Å². The summed E-state index contributed by atoms with van der Waals surface area (Å²) in [6.07, 6.45) is 1.87. The molecule has 0 aromatic carbocycles. The number of urea groups is 1. The summed E-state index contributed by atoms with van der Waals surface area (Å²) in [6, 6.07) is 2.12. The zero-order chi connectivity index (χ0) is 14.2. The Labute approximate surface area is 114 Å². The van der Waals surface area contributed by atoms with E-state index in [1.165, 1.54) is 0 Å². The monoisotopic (exact) mass is 264 g/mol. The third-order valence-electron chi connectivity index (χ3n) is 3.46. The molecule has 0 spiro atoms. The molecule has 0 radical (unpaired) electrons. The first-order chi connectivity index (χ1) is 8.77. The lowest BCUT2D eigenvalue weighted by molar-refractivity contribution is 0.213. The molecule has 2 amide bonds. The molecule has 4 heteroatoms. The number of carbonyl (C=O) groups is 1. The second-order valence-corrected chi connectivity index (χ2v) is 6.61. The van der Waals surface area contributed by atoms with E-state index in [0.29, 0.717) is 0 Å². The van der Waals surface area contributed by atoms with E-state index >= 15 is 0 Å². The van der Waals surface area contributed by atoms with Crippen LogP contribution in [0.1, 0.15) is 57.2 Å². The molecule has 1 heterocycles. The molecular weight excluding hydrogens is 240 g/mol. The second-order valence-electron chi connectivity index (χ2n) is 6.61. The summed E-state index contributed by atoms with van der Waals surface area (Å²) in [7, 11) is 0. The third-order valence-corrected chi connectivity index (χ3v) is 3.46. The molecule has 4 nitrogen and oxygen atoms in total. The number of rotatable bonds is 2. The highest BCUT2D eigenvalue weighted by molar-refractivity contribution is 5.74. The van der Waals surface area contributed by atoms with Crippen LogP contribution in [0.5, 0.6) is 0 Å². The van der Waals surface area contributed by atoms with Gasteiger partial charge in [0.1, 0.15) is 11.5 Å². The second kappa shape index (κ2) is 4.91. The summed E-state index contributed by atoms with van der Waals surface area (Å²) in [5, 5.41) is 5.94. The van der Waals surface area contributed by atoms with E-state index in [9.17, 15) is 4.79 Å². The van der Waals surface area contributed by atoms with Crippen LogP contribution in [0.3, 0.4) is 0 Å². The molecule has 1 aromatic rings. The van der Waals surface area contributed by atoms with Crippen LogP contribution in [-0.2, 0) is 6.42 Å². The van der Waals surface area contributed by atoms with Gasteiger partial charge in [0.15, 0.2) is 0 Å². The molecule has 0 bridgehead atoms. The molecule has 2 rings (SSSR count). The fraction of sp³-hybridized carbons (Fsp3) is 0.667. The number of hydrogen-bond donors (Lipinski definition) is 2. The molecule has 0 fully saturated rings. The summed E-state index contributed by atoms with van der Waals surface area (Å²) in [5.74, 6) is 1.93. The van der Waals surface area contributed by atoms with Gasteiger partial charge in [-0.2, -0.15) is 0 Å². The molecule has 2 N–H and O–H groups in total. The summed E-state index contributed by atoms with van der Waals surface area (Å²) in [6.45, 7) is 10.3. The quantitative estimate of drug-likeness (QED) is 0.861. The van der Waals surface area contributed by atoms with Gasteiger partial charge >= 0.3 is 6.03 Å². The zero-order valence-corrected chi connectivity index (χ0v) is 12.5. The molecule has 0 saturated carbocycles. The Bertz CT molecular complexity index is 474. The van der Waals surface area contributed by atoms with Gasteiger partial charge in [-0.3, -0.25) is 0 Å². The molecule has 0 aliphatic heterocycles. The van der Waals surface area contributed by atoms with Crippen LogP contribution < -0.4 is 10.6 Å². The minimum absolute atomic E-state index is 0.0370. The standard InChI is InChI=1S/C15H24N2O2/c1-9(2)16-14(18)17-12-7-15(4,5)8-13-11(12)6-10(3)19-13/h6,9,12H,7-8H2,1-5H3,(H2,16,17,18). The highest BCUT2D eigenvalue weighted by Crippen LogP contribution is 2.41. The predicted molar refractivity (Wildman–Crippen MR) is 75.1 cm³/mol. The Kier molecular flexibility index (Phi) is 3.61. The van der Waals surface area contributed by atoms with Gasteiger partial charge in [0.2, 0.25) is 0 Å². The van der Waals surface area contributed by atoms with Gasteiger partial charge in [-0.25, -0.2) is 4.79 Å². The van der Waals surface area contributed by atoms with Crippen LogP contribution in [0.25, 0.3) is 0 Å². The summed E-state index contributed by atoms with van der Waals surface area (Å²) in [4.78, 5) is 11.9. The van der Waals surface area contributed by atoms with Gasteiger partial charge in [0.25, 0.3) is 0 Å². The smallest absolute Gasteiger partial charge is 0.315 e. The number of hydrogen-bond acceptors (Lipinski definition) is 2. The van der Waals surface area contributed by atoms with Crippen molar-refractivity contribution in [3.05, 3.63) is 23.2 Å². The molecule has 1 unspecified atom stereocenters. The summed E-state index contributed by atoms with van der Waals surface area (Å²) >= 11 is 0. The number of aryl methyl sites for hydroxylation is 1. The fourth-order valence-corrected chi connectivity index (χ4v) is 2.78. The molecular formula is C15H24N2O2. The fourth-order valence-electron chi connectivity index (χ4n) is 2.78. The lowest BCUT2D eigenvalue weighted by Gasteiger charge is -2.34. The summed E-state index contributed by atoms with van der Waals surface area (Å²) < 4.78 is 5.76. The number of furan rings is 1. The van der Waals surface area contributed by atoms with Crippen LogP contribution in [0.4, 0.5) is 4.79 Å². The Morgan fingerprint density at radius 2 is 2.16 bits per heavy atom. The van der Waals surface area contributed by atoms with Gasteiger partial charge < -0.3 is 15.1 Å². The summed E-state index contributed by atoms with van der Waals surface area (Å²) in [5.41, 5.74) is 1.28. The minimum atomic E-state index is -0.109. The zero-order valence-electron chi connectivity index (χ0n) is 12.5. The van der Waals surface area contributed by atoms with Crippen molar-refractivity contribution in [1.82, 2.24) is 10.6 Å². The molecule has 1 aliphatic carbocycles. The first kappa shape index (κ1) is 14.0. The lowest BCUT2D eigenvalue weighted by Crippen LogP contribution is -2.43. The molecule has 19 heavy (non-hydrogen) atoms. The maximum atomic E-state index is 11.9. The van der Waals surface area contributed by atoms with Crippen molar-refractivity contribution in [3.8, 4) is 0 Å². The van der Waals surface area contributed by atoms with Crippen molar-refractivity contribution in [2.24, 2.45) is 5.41 Å². The van der Waals surface area contributed by atoms with Crippen LogP contribution >= 0.6 is 0 Å². The highest BCUT2D eigenvalue weighted by atomic mass is 16.3. The van der Waals surface area contributed by atoms with E-state index in [2.05, 4.69) is 24.5 Å². The van der Waals surface area contributed by atoms with E-state index in [0.717, 1.165) is 29.9 Å². The van der Waals surface area contributed by atoms with Gasteiger partial charge in [0.05, 0.1) is 6.04 Å². The van der Waals surface area contributed by atoms with Crippen LogP contribution in [0, 0.1) is 12.3 Å². The van der Waals surface area contributed by atoms with E-state index in [-0.39, 0.29) is 23.5 Å². The van der Waals surface area contributed by atoms with Crippen molar-refractivity contribution in [2.45, 2.75) is 59.5 Å². The average Bonchev–Trinajstić information content (AvgIpc) is 2.55. The van der Waals surface area contributed by atoms with Gasteiger partial charge in [-0.1, -0.05) is 13.8 Å². The first-order valence-corrected chi connectivity index (χ1v) is 6.93. The van der Waals surface area contributed by atoms with Crippen LogP contribution in [0.2, 0.25) is 0 Å². The van der Waals surface area contributed by atoms with Crippen molar-refractivity contribution >= 4 is 6.03 Å². The minimum Gasteiger partial charge on any atom is -0.466 e. The Hall–Kier alpha value is -1.45. The van der Waals surface area contributed by atoms with Crippen molar-refractivity contribution in [1.29, 1.82) is 0 Å². The van der Waals surface area contributed by atoms with E-state index in [4.69, 9.17) is 4.42 Å². The molecule has 106 valence electrons. The molecule has 1 aromatic heterocycles. The van der Waals surface area contributed by atoms with Crippen molar-refractivity contribution in [2.75, 3.05) is 0 Å². The third kappa shape index (κ3) is 3.31. The van der Waals surface area contributed by atoms with Crippen molar-refractivity contribution < 1.29 is 9.21 Å². The number of carbonyl (C=O) groups excluding carboxylic acids is 1. The van der Waals surface area contributed by atoms with Crippen molar-refractivity contribution in [3.63, 3.8) is 0 Å². The number of fused-ring (bicyclic) bond motifs is 1.